The van der Waals surface area contributed by atoms with E-state index in [0.29, 0.717) is 17.4 Å². The number of alkyl halides is 2. The van der Waals surface area contributed by atoms with E-state index in [0.717, 1.165) is 32.6 Å². The molecule has 0 saturated carbocycles. The summed E-state index contributed by atoms with van der Waals surface area (Å²) in [5, 5.41) is 3.35. The molecule has 2 saturated heterocycles. The van der Waals surface area contributed by atoms with Gasteiger partial charge in [0, 0.05) is 18.7 Å². The van der Waals surface area contributed by atoms with Crippen molar-refractivity contribution in [3.05, 3.63) is 29.8 Å². The molecular formula is C15H19ClF2N2O2. The number of amides is 1. The van der Waals surface area contributed by atoms with Crippen molar-refractivity contribution >= 4 is 18.3 Å². The van der Waals surface area contributed by atoms with Gasteiger partial charge in [-0.05, 0) is 49.5 Å². The van der Waals surface area contributed by atoms with E-state index in [2.05, 4.69) is 10.1 Å². The summed E-state index contributed by atoms with van der Waals surface area (Å²) in [5.41, 5.74) is 0.401. The zero-order valence-electron chi connectivity index (χ0n) is 12.0. The van der Waals surface area contributed by atoms with Crippen LogP contribution in [-0.4, -0.2) is 43.6 Å². The van der Waals surface area contributed by atoms with Gasteiger partial charge in [0.15, 0.2) is 0 Å². The highest BCUT2D eigenvalue weighted by Gasteiger charge is 2.34. The molecule has 0 spiro atoms. The molecule has 3 rings (SSSR count). The van der Waals surface area contributed by atoms with Gasteiger partial charge in [-0.15, -0.1) is 12.4 Å². The highest BCUT2D eigenvalue weighted by atomic mass is 35.5. The van der Waals surface area contributed by atoms with Crippen LogP contribution in [0.2, 0.25) is 0 Å². The number of piperidine rings is 1. The van der Waals surface area contributed by atoms with E-state index in [-0.39, 0.29) is 24.1 Å². The molecule has 2 fully saturated rings. The number of carbonyl (C=O) groups is 1. The number of fused-ring (bicyclic) bond motifs is 1. The lowest BCUT2D eigenvalue weighted by Gasteiger charge is -2.34. The number of carbonyl (C=O) groups excluding carboxylic acids is 1. The lowest BCUT2D eigenvalue weighted by molar-refractivity contribution is -0.0499. The number of nitrogens with one attached hydrogen (secondary N) is 1. The highest BCUT2D eigenvalue weighted by Crippen LogP contribution is 2.27. The number of benzene rings is 1. The second-order valence-corrected chi connectivity index (χ2v) is 5.62. The molecule has 0 bridgehead atoms. The lowest BCUT2D eigenvalue weighted by Crippen LogP contribution is -2.43. The summed E-state index contributed by atoms with van der Waals surface area (Å²) < 4.78 is 28.8. The van der Waals surface area contributed by atoms with Gasteiger partial charge >= 0.3 is 6.61 Å². The van der Waals surface area contributed by atoms with Crippen LogP contribution in [0.25, 0.3) is 0 Å². The van der Waals surface area contributed by atoms with Crippen molar-refractivity contribution in [1.29, 1.82) is 0 Å². The van der Waals surface area contributed by atoms with Crippen LogP contribution >= 0.6 is 12.4 Å². The Bertz CT molecular complexity index is 530. The first kappa shape index (κ1) is 17.0. The largest absolute Gasteiger partial charge is 0.435 e. The number of halogens is 3. The summed E-state index contributed by atoms with van der Waals surface area (Å²) in [6, 6.07) is 6.01. The molecule has 1 aromatic carbocycles. The molecule has 1 amide bonds. The Hall–Kier alpha value is -1.40. The predicted octanol–water partition coefficient (Wildman–Crippen LogP) is 2.39. The predicted molar refractivity (Wildman–Crippen MR) is 80.7 cm³/mol. The Morgan fingerprint density at radius 1 is 1.32 bits per heavy atom. The Balaban J connectivity index is 0.00000176. The van der Waals surface area contributed by atoms with Gasteiger partial charge in [-0.1, -0.05) is 6.07 Å². The van der Waals surface area contributed by atoms with E-state index in [4.69, 9.17) is 0 Å². The summed E-state index contributed by atoms with van der Waals surface area (Å²) in [6.45, 7) is 0.557. The van der Waals surface area contributed by atoms with Gasteiger partial charge in [-0.2, -0.15) is 8.78 Å². The Kier molecular flexibility index (Phi) is 5.58. The third-order valence-electron chi connectivity index (χ3n) is 4.30. The minimum atomic E-state index is -2.88. The van der Waals surface area contributed by atoms with E-state index >= 15 is 0 Å². The maximum absolute atomic E-state index is 12.5. The molecule has 1 N–H and O–H groups in total. The van der Waals surface area contributed by atoms with E-state index < -0.39 is 6.61 Å². The number of nitrogens with zero attached hydrogens (tertiary/aromatic N) is 1. The molecule has 122 valence electrons. The smallest absolute Gasteiger partial charge is 0.387 e. The average Bonchev–Trinajstić information content (AvgIpc) is 2.93. The zero-order valence-corrected chi connectivity index (χ0v) is 12.8. The van der Waals surface area contributed by atoms with Gasteiger partial charge < -0.3 is 15.0 Å². The molecular weight excluding hydrogens is 314 g/mol. The SMILES string of the molecule is Cl.O=C(c1cccc(OC(F)F)c1)N1CCC2CNCC2C1. The van der Waals surface area contributed by atoms with Gasteiger partial charge in [-0.3, -0.25) is 4.79 Å². The van der Waals surface area contributed by atoms with Crippen LogP contribution in [0, 0.1) is 11.8 Å². The monoisotopic (exact) mass is 332 g/mol. The quantitative estimate of drug-likeness (QED) is 0.924. The minimum Gasteiger partial charge on any atom is -0.435 e. The van der Waals surface area contributed by atoms with Crippen LogP contribution in [0.3, 0.4) is 0 Å². The summed E-state index contributed by atoms with van der Waals surface area (Å²) >= 11 is 0. The third kappa shape index (κ3) is 3.67. The van der Waals surface area contributed by atoms with Gasteiger partial charge in [0.05, 0.1) is 0 Å². The number of rotatable bonds is 3. The summed E-state index contributed by atoms with van der Waals surface area (Å²) in [6.07, 6.45) is 0.997. The second kappa shape index (κ2) is 7.24. The van der Waals surface area contributed by atoms with Crippen LogP contribution in [0.15, 0.2) is 24.3 Å². The standard InChI is InChI=1S/C15H18F2N2O2.ClH/c16-15(17)21-13-3-1-2-10(6-13)14(20)19-5-4-11-7-18-8-12(11)9-19;/h1-3,6,11-12,15,18H,4-5,7-9H2;1H. The number of ether oxygens (including phenoxy) is 1. The molecule has 0 aliphatic carbocycles. The maximum Gasteiger partial charge on any atom is 0.387 e. The fourth-order valence-electron chi connectivity index (χ4n) is 3.21. The topological polar surface area (TPSA) is 41.6 Å². The first-order valence-electron chi connectivity index (χ1n) is 7.18. The molecule has 7 heteroatoms. The number of hydrogen-bond donors (Lipinski definition) is 1. The lowest BCUT2D eigenvalue weighted by atomic mass is 9.88. The van der Waals surface area contributed by atoms with Crippen molar-refractivity contribution in [2.45, 2.75) is 13.0 Å². The van der Waals surface area contributed by atoms with Crippen molar-refractivity contribution in [3.8, 4) is 5.75 Å². The van der Waals surface area contributed by atoms with Crippen LogP contribution in [0.5, 0.6) is 5.75 Å². The molecule has 2 unspecified atom stereocenters. The van der Waals surface area contributed by atoms with Gasteiger partial charge in [-0.25, -0.2) is 0 Å². The Morgan fingerprint density at radius 2 is 2.09 bits per heavy atom. The Morgan fingerprint density at radius 3 is 2.86 bits per heavy atom. The summed E-state index contributed by atoms with van der Waals surface area (Å²) in [7, 11) is 0. The fourth-order valence-corrected chi connectivity index (χ4v) is 3.21. The summed E-state index contributed by atoms with van der Waals surface area (Å²) in [4.78, 5) is 14.3. The van der Waals surface area contributed by atoms with E-state index in [1.807, 2.05) is 4.90 Å². The molecule has 0 aromatic heterocycles. The molecule has 22 heavy (non-hydrogen) atoms. The van der Waals surface area contributed by atoms with Crippen molar-refractivity contribution in [2.24, 2.45) is 11.8 Å². The normalized spacial score (nSPS) is 23.9. The van der Waals surface area contributed by atoms with E-state index in [1.165, 1.54) is 12.1 Å². The zero-order chi connectivity index (χ0) is 14.8. The molecule has 4 nitrogen and oxygen atoms in total. The molecule has 2 aliphatic heterocycles. The van der Waals surface area contributed by atoms with Crippen LogP contribution in [-0.2, 0) is 0 Å². The third-order valence-corrected chi connectivity index (χ3v) is 4.30. The highest BCUT2D eigenvalue weighted by molar-refractivity contribution is 5.94. The first-order valence-corrected chi connectivity index (χ1v) is 7.18. The van der Waals surface area contributed by atoms with Crippen molar-refractivity contribution in [2.75, 3.05) is 26.2 Å². The molecule has 2 heterocycles. The van der Waals surface area contributed by atoms with Crippen molar-refractivity contribution in [3.63, 3.8) is 0 Å². The van der Waals surface area contributed by atoms with Crippen LogP contribution in [0.4, 0.5) is 8.78 Å². The summed E-state index contributed by atoms with van der Waals surface area (Å²) in [5.74, 6) is 1.07. The molecule has 2 aliphatic rings. The molecule has 2 atom stereocenters. The first-order chi connectivity index (χ1) is 10.1. The van der Waals surface area contributed by atoms with E-state index in [1.54, 1.807) is 12.1 Å². The van der Waals surface area contributed by atoms with Crippen molar-refractivity contribution in [1.82, 2.24) is 10.2 Å². The van der Waals surface area contributed by atoms with Crippen LogP contribution in [0.1, 0.15) is 16.8 Å². The average molecular weight is 333 g/mol. The molecule has 1 aromatic rings. The second-order valence-electron chi connectivity index (χ2n) is 5.62. The van der Waals surface area contributed by atoms with Gasteiger partial charge in [0.25, 0.3) is 5.91 Å². The van der Waals surface area contributed by atoms with Crippen LogP contribution < -0.4 is 10.1 Å². The maximum atomic E-state index is 12.5. The van der Waals surface area contributed by atoms with Crippen molar-refractivity contribution < 1.29 is 18.3 Å². The van der Waals surface area contributed by atoms with Gasteiger partial charge in [0.2, 0.25) is 0 Å². The number of hydrogen-bond acceptors (Lipinski definition) is 3. The fraction of sp³-hybridized carbons (Fsp3) is 0.533. The molecule has 0 radical (unpaired) electrons. The van der Waals surface area contributed by atoms with E-state index in [9.17, 15) is 13.6 Å². The van der Waals surface area contributed by atoms with Gasteiger partial charge in [0.1, 0.15) is 5.75 Å². The number of likely N-dealkylation sites (tertiary alicyclic amines) is 1. The Labute approximate surface area is 134 Å². The minimum absolute atomic E-state index is 0.